The van der Waals surface area contributed by atoms with Gasteiger partial charge in [0.15, 0.2) is 5.82 Å². The summed E-state index contributed by atoms with van der Waals surface area (Å²) in [6, 6.07) is 6.95. The zero-order valence-corrected chi connectivity index (χ0v) is 25.6. The number of fused-ring (bicyclic) bond motifs is 5. The van der Waals surface area contributed by atoms with Gasteiger partial charge in [0.1, 0.15) is 35.9 Å². The van der Waals surface area contributed by atoms with E-state index in [2.05, 4.69) is 27.4 Å². The number of benzene rings is 2. The van der Waals surface area contributed by atoms with E-state index in [0.29, 0.717) is 54.7 Å². The monoisotopic (exact) mass is 626 g/mol. The van der Waals surface area contributed by atoms with E-state index in [-0.39, 0.29) is 48.4 Å². The second-order valence-electron chi connectivity index (χ2n) is 13.5. The summed E-state index contributed by atoms with van der Waals surface area (Å²) in [5, 5.41) is 11.7. The lowest BCUT2D eigenvalue weighted by Crippen LogP contribution is -2.56. The summed E-state index contributed by atoms with van der Waals surface area (Å²) >= 11 is 0. The number of ether oxygens (including phenoxy) is 1. The van der Waals surface area contributed by atoms with Crippen molar-refractivity contribution in [3.63, 3.8) is 0 Å². The van der Waals surface area contributed by atoms with Crippen LogP contribution < -0.4 is 9.64 Å². The third-order valence-electron chi connectivity index (χ3n) is 10.9. The van der Waals surface area contributed by atoms with Gasteiger partial charge >= 0.3 is 6.01 Å². The lowest BCUT2D eigenvalue weighted by molar-refractivity contribution is -0.128. The second kappa shape index (κ2) is 10.9. The summed E-state index contributed by atoms with van der Waals surface area (Å²) in [6.07, 6.45) is 4.47. The zero-order valence-electron chi connectivity index (χ0n) is 25.6. The van der Waals surface area contributed by atoms with E-state index in [4.69, 9.17) is 16.3 Å². The van der Waals surface area contributed by atoms with Gasteiger partial charge in [-0.2, -0.15) is 9.97 Å². The first-order chi connectivity index (χ1) is 22.3. The number of hydrogen-bond acceptors (Lipinski definition) is 7. The first kappa shape index (κ1) is 29.1. The minimum Gasteiger partial charge on any atom is -0.507 e. The molecule has 5 atom stereocenters. The Labute approximate surface area is 266 Å². The van der Waals surface area contributed by atoms with Crippen LogP contribution in [0.25, 0.3) is 26.9 Å². The second-order valence-corrected chi connectivity index (χ2v) is 13.5. The average molecular weight is 627 g/mol. The lowest BCUT2D eigenvalue weighted by Gasteiger charge is -2.39. The number of aromatic nitrogens is 2. The third kappa shape index (κ3) is 4.60. The average Bonchev–Trinajstić information content (AvgIpc) is 3.39. The van der Waals surface area contributed by atoms with E-state index < -0.39 is 23.6 Å². The summed E-state index contributed by atoms with van der Waals surface area (Å²) in [4.78, 5) is 31.2. The highest BCUT2D eigenvalue weighted by atomic mass is 19.1. The summed E-state index contributed by atoms with van der Waals surface area (Å²) in [5.41, 5.74) is 2.68. The maximum atomic E-state index is 16.9. The van der Waals surface area contributed by atoms with Crippen LogP contribution in [-0.2, 0) is 11.2 Å². The maximum absolute atomic E-state index is 16.9. The third-order valence-corrected chi connectivity index (χ3v) is 10.9. The van der Waals surface area contributed by atoms with Crippen LogP contribution in [-0.4, -0.2) is 94.4 Å². The van der Waals surface area contributed by atoms with Crippen LogP contribution in [0.3, 0.4) is 0 Å². The molecule has 1 N–H and O–H groups in total. The zero-order chi connectivity index (χ0) is 31.7. The number of hydrogen-bond donors (Lipinski definition) is 1. The minimum absolute atomic E-state index is 0.0209. The number of piperazine rings is 1. The Hall–Kier alpha value is -4.30. The summed E-state index contributed by atoms with van der Waals surface area (Å²) in [6.45, 7) is 13.5. The van der Waals surface area contributed by atoms with Gasteiger partial charge < -0.3 is 24.5 Å². The largest absolute Gasteiger partial charge is 0.507 e. The number of nitrogens with zero attached hydrogens (tertiary/aromatic N) is 6. The van der Waals surface area contributed by atoms with Crippen LogP contribution in [0.1, 0.15) is 42.7 Å². The fourth-order valence-corrected chi connectivity index (χ4v) is 8.63. The molecule has 8 rings (SSSR count). The number of rotatable bonds is 7. The van der Waals surface area contributed by atoms with Gasteiger partial charge in [-0.3, -0.25) is 9.69 Å². The van der Waals surface area contributed by atoms with E-state index in [1.165, 1.54) is 17.7 Å². The van der Waals surface area contributed by atoms with Crippen molar-refractivity contribution >= 4 is 22.6 Å². The lowest BCUT2D eigenvalue weighted by atomic mass is 9.92. The molecule has 11 heteroatoms. The fourth-order valence-electron chi connectivity index (χ4n) is 8.63. The van der Waals surface area contributed by atoms with Crippen LogP contribution in [0.15, 0.2) is 36.9 Å². The number of halogens is 2. The number of alkyl halides is 1. The standard InChI is InChI=1S/C35H36F2N6O3/c1-3-29(45)43-11-10-41(18-22(43)16-38-2)33-27-14-28(44)30(24-7-4-6-23-25-12-20(25)13-26(23)24)31(37)32(27)39-34(40-33)46-19-35-8-5-9-42(35)17-21(36)15-35/h3-4,6-7,14,20-22,25,44H,1,5,8-13,15-19H2/t20-,21-,22+,25-,35+/m1/s1. The SMILES string of the molecule is [C-]#[N+]C[C@H]1CN(c2nc(OC[C@@]34CCCN3C[C@H](F)C4)nc3c(F)c(-c4cccc5c4C[C@H]4C[C@@H]54)c(O)cc23)CCN1C(=O)C=C. The van der Waals surface area contributed by atoms with E-state index in [9.17, 15) is 14.3 Å². The van der Waals surface area contributed by atoms with Gasteiger partial charge in [0.05, 0.1) is 11.1 Å². The molecular weight excluding hydrogens is 590 g/mol. The van der Waals surface area contributed by atoms with Gasteiger partial charge in [-0.05, 0) is 72.9 Å². The van der Waals surface area contributed by atoms with Crippen LogP contribution in [0.4, 0.5) is 14.6 Å². The minimum atomic E-state index is -0.924. The Kier molecular flexibility index (Phi) is 6.90. The van der Waals surface area contributed by atoms with Crippen LogP contribution in [0.2, 0.25) is 0 Å². The number of phenolic OH excluding ortho intramolecular Hbond substituents is 1. The predicted octanol–water partition coefficient (Wildman–Crippen LogP) is 4.88. The molecule has 4 heterocycles. The van der Waals surface area contributed by atoms with Crippen molar-refractivity contribution < 1.29 is 23.4 Å². The van der Waals surface area contributed by atoms with E-state index >= 15 is 4.39 Å². The number of carbonyl (C=O) groups excluding carboxylic acids is 1. The van der Waals surface area contributed by atoms with Crippen molar-refractivity contribution in [2.45, 2.75) is 55.8 Å². The highest BCUT2D eigenvalue weighted by Crippen LogP contribution is 2.58. The number of carbonyl (C=O) groups is 1. The molecule has 0 bridgehead atoms. The molecule has 3 aromatic rings. The molecule has 2 aliphatic carbocycles. The fraction of sp³-hybridized carbons (Fsp3) is 0.486. The van der Waals surface area contributed by atoms with Gasteiger partial charge in [0.25, 0.3) is 0 Å². The normalized spacial score (nSPS) is 28.1. The first-order valence-corrected chi connectivity index (χ1v) is 16.2. The Morgan fingerprint density at radius 3 is 2.96 bits per heavy atom. The summed E-state index contributed by atoms with van der Waals surface area (Å²) in [5.74, 6) is 0.349. The topological polar surface area (TPSA) is 86.4 Å². The quantitative estimate of drug-likeness (QED) is 0.296. The van der Waals surface area contributed by atoms with Crippen molar-refractivity contribution in [3.05, 3.63) is 65.3 Å². The molecule has 1 amide bonds. The Morgan fingerprint density at radius 2 is 2.13 bits per heavy atom. The highest BCUT2D eigenvalue weighted by molar-refractivity contribution is 5.97. The summed E-state index contributed by atoms with van der Waals surface area (Å²) in [7, 11) is 0. The Balaban J connectivity index is 1.22. The van der Waals surface area contributed by atoms with Crippen LogP contribution >= 0.6 is 0 Å². The van der Waals surface area contributed by atoms with Crippen LogP contribution in [0.5, 0.6) is 11.8 Å². The molecule has 4 fully saturated rings. The molecule has 46 heavy (non-hydrogen) atoms. The van der Waals surface area contributed by atoms with E-state index in [0.717, 1.165) is 37.8 Å². The van der Waals surface area contributed by atoms with Crippen molar-refractivity contribution in [3.8, 4) is 22.9 Å². The molecule has 3 aliphatic heterocycles. The first-order valence-electron chi connectivity index (χ1n) is 16.2. The molecule has 2 aromatic carbocycles. The number of phenols is 1. The molecule has 1 saturated carbocycles. The van der Waals surface area contributed by atoms with Gasteiger partial charge in [-0.15, -0.1) is 0 Å². The van der Waals surface area contributed by atoms with Crippen molar-refractivity contribution in [2.75, 3.05) is 50.8 Å². The van der Waals surface area contributed by atoms with Gasteiger partial charge in [0.2, 0.25) is 12.5 Å². The van der Waals surface area contributed by atoms with Crippen LogP contribution in [0, 0.1) is 18.3 Å². The number of aromatic hydroxyl groups is 1. The molecule has 5 aliphatic rings. The molecule has 0 spiro atoms. The Bertz CT molecular complexity index is 1810. The van der Waals surface area contributed by atoms with Gasteiger partial charge in [0, 0.05) is 38.0 Å². The van der Waals surface area contributed by atoms with E-state index in [1.807, 2.05) is 17.0 Å². The predicted molar refractivity (Wildman–Crippen MR) is 169 cm³/mol. The molecule has 9 nitrogen and oxygen atoms in total. The molecule has 3 saturated heterocycles. The molecule has 238 valence electrons. The number of amides is 1. The summed E-state index contributed by atoms with van der Waals surface area (Å²) < 4.78 is 37.6. The smallest absolute Gasteiger partial charge is 0.319 e. The van der Waals surface area contributed by atoms with Crippen molar-refractivity contribution in [1.82, 2.24) is 19.8 Å². The maximum Gasteiger partial charge on any atom is 0.319 e. The molecule has 0 unspecified atom stereocenters. The molecule has 0 radical (unpaired) electrons. The molecular formula is C35H36F2N6O3. The van der Waals surface area contributed by atoms with E-state index in [1.54, 1.807) is 4.90 Å². The number of anilines is 1. The van der Waals surface area contributed by atoms with Gasteiger partial charge in [-0.25, -0.2) is 15.4 Å². The molecule has 1 aromatic heterocycles. The van der Waals surface area contributed by atoms with Gasteiger partial charge in [-0.1, -0.05) is 24.8 Å². The highest BCUT2D eigenvalue weighted by Gasteiger charge is 2.50. The van der Waals surface area contributed by atoms with Crippen molar-refractivity contribution in [1.29, 1.82) is 0 Å². The Morgan fingerprint density at radius 1 is 1.26 bits per heavy atom. The van der Waals surface area contributed by atoms with Crippen molar-refractivity contribution in [2.24, 2.45) is 5.92 Å².